The van der Waals surface area contributed by atoms with E-state index in [0.717, 1.165) is 25.7 Å². The Morgan fingerprint density at radius 3 is 2.78 bits per heavy atom. The van der Waals surface area contributed by atoms with Crippen molar-refractivity contribution < 1.29 is 9.59 Å². The van der Waals surface area contributed by atoms with Crippen LogP contribution in [0.3, 0.4) is 0 Å². The molecule has 3 unspecified atom stereocenters. The Morgan fingerprint density at radius 1 is 1.33 bits per heavy atom. The van der Waals surface area contributed by atoms with Crippen LogP contribution in [-0.4, -0.2) is 30.9 Å². The maximum atomic E-state index is 12.2. The Hall–Kier alpha value is -1.10. The van der Waals surface area contributed by atoms with Crippen LogP contribution in [0, 0.1) is 11.8 Å². The molecule has 4 N–H and O–H groups in total. The zero-order valence-electron chi connectivity index (χ0n) is 10.8. The van der Waals surface area contributed by atoms with E-state index in [9.17, 15) is 9.59 Å². The Balaban J connectivity index is 1.84. The van der Waals surface area contributed by atoms with Crippen LogP contribution in [0.5, 0.6) is 0 Å². The van der Waals surface area contributed by atoms with Crippen LogP contribution in [0.1, 0.15) is 38.5 Å². The summed E-state index contributed by atoms with van der Waals surface area (Å²) in [7, 11) is 0. The van der Waals surface area contributed by atoms with Crippen molar-refractivity contribution in [2.24, 2.45) is 17.6 Å². The first-order valence-corrected chi connectivity index (χ1v) is 6.98. The molecule has 5 nitrogen and oxygen atoms in total. The molecular weight excluding hydrogens is 230 g/mol. The molecule has 2 aliphatic rings. The molecule has 0 aromatic carbocycles. The van der Waals surface area contributed by atoms with E-state index in [0.29, 0.717) is 25.4 Å². The van der Waals surface area contributed by atoms with E-state index < -0.39 is 0 Å². The van der Waals surface area contributed by atoms with Gasteiger partial charge in [0.05, 0.1) is 0 Å². The third-order valence-corrected chi connectivity index (χ3v) is 4.16. The first-order chi connectivity index (χ1) is 8.70. The van der Waals surface area contributed by atoms with Gasteiger partial charge in [-0.2, -0.15) is 0 Å². The zero-order valence-corrected chi connectivity index (χ0v) is 10.8. The maximum Gasteiger partial charge on any atom is 0.223 e. The van der Waals surface area contributed by atoms with Crippen LogP contribution in [-0.2, 0) is 9.59 Å². The number of nitrogens with two attached hydrogens (primary N) is 1. The van der Waals surface area contributed by atoms with E-state index in [1.807, 2.05) is 0 Å². The lowest BCUT2D eigenvalue weighted by molar-refractivity contribution is -0.130. The second kappa shape index (κ2) is 6.18. The summed E-state index contributed by atoms with van der Waals surface area (Å²) in [5, 5.41) is 5.85. The van der Waals surface area contributed by atoms with Gasteiger partial charge in [-0.3, -0.25) is 9.59 Å². The highest BCUT2D eigenvalue weighted by Gasteiger charge is 2.31. The summed E-state index contributed by atoms with van der Waals surface area (Å²) >= 11 is 0. The normalized spacial score (nSPS) is 32.7. The summed E-state index contributed by atoms with van der Waals surface area (Å²) in [5.74, 6) is 0.614. The molecule has 2 amide bonds. The van der Waals surface area contributed by atoms with Gasteiger partial charge >= 0.3 is 0 Å². The fourth-order valence-corrected chi connectivity index (χ4v) is 3.00. The predicted octanol–water partition coefficient (Wildman–Crippen LogP) is 0.146. The molecule has 3 atom stereocenters. The van der Waals surface area contributed by atoms with Gasteiger partial charge in [-0.25, -0.2) is 0 Å². The van der Waals surface area contributed by atoms with Gasteiger partial charge in [0.25, 0.3) is 0 Å². The van der Waals surface area contributed by atoms with Crippen molar-refractivity contribution in [3.8, 4) is 0 Å². The Kier molecular flexibility index (Phi) is 4.58. The van der Waals surface area contributed by atoms with Crippen molar-refractivity contribution in [1.29, 1.82) is 0 Å². The lowest BCUT2D eigenvalue weighted by atomic mass is 9.78. The molecule has 2 rings (SSSR count). The summed E-state index contributed by atoms with van der Waals surface area (Å²) < 4.78 is 0. The van der Waals surface area contributed by atoms with Gasteiger partial charge in [-0.1, -0.05) is 12.8 Å². The van der Waals surface area contributed by atoms with Gasteiger partial charge in [0.15, 0.2) is 0 Å². The number of nitrogens with one attached hydrogen (secondary N) is 2. The molecule has 5 heteroatoms. The molecule has 1 aliphatic heterocycles. The standard InChI is InChI=1S/C13H23N3O2/c14-7-9-3-1-2-4-11(9)13(18)16-10-5-6-12(17)15-8-10/h9-11H,1-8,14H2,(H,15,17)(H,16,18). The molecule has 1 heterocycles. The molecule has 2 fully saturated rings. The second-order valence-corrected chi connectivity index (χ2v) is 5.43. The lowest BCUT2D eigenvalue weighted by Gasteiger charge is -2.32. The fraction of sp³-hybridized carbons (Fsp3) is 0.846. The minimum absolute atomic E-state index is 0.0707. The van der Waals surface area contributed by atoms with Gasteiger partial charge in [0.1, 0.15) is 0 Å². The Labute approximate surface area is 108 Å². The quantitative estimate of drug-likeness (QED) is 0.669. The van der Waals surface area contributed by atoms with Gasteiger partial charge in [-0.05, 0) is 31.7 Å². The third kappa shape index (κ3) is 3.22. The molecule has 1 saturated carbocycles. The molecule has 0 spiro atoms. The van der Waals surface area contributed by atoms with Gasteiger partial charge in [0, 0.05) is 24.9 Å². The second-order valence-electron chi connectivity index (χ2n) is 5.43. The highest BCUT2D eigenvalue weighted by Crippen LogP contribution is 2.29. The highest BCUT2D eigenvalue weighted by atomic mass is 16.2. The first kappa shape index (κ1) is 13.3. The minimum atomic E-state index is 0.0707. The van der Waals surface area contributed by atoms with Gasteiger partial charge < -0.3 is 16.4 Å². The summed E-state index contributed by atoms with van der Waals surface area (Å²) in [4.78, 5) is 23.3. The zero-order chi connectivity index (χ0) is 13.0. The van der Waals surface area contributed by atoms with E-state index in [1.54, 1.807) is 0 Å². The number of rotatable bonds is 3. The van der Waals surface area contributed by atoms with E-state index in [1.165, 1.54) is 6.42 Å². The number of hydrogen-bond donors (Lipinski definition) is 3. The summed E-state index contributed by atoms with van der Waals surface area (Å²) in [6.07, 6.45) is 5.58. The summed E-state index contributed by atoms with van der Waals surface area (Å²) in [6, 6.07) is 0.0931. The minimum Gasteiger partial charge on any atom is -0.354 e. The van der Waals surface area contributed by atoms with Crippen LogP contribution in [0.2, 0.25) is 0 Å². The Bertz CT molecular complexity index is 309. The molecule has 0 radical (unpaired) electrons. The third-order valence-electron chi connectivity index (χ3n) is 4.16. The number of hydrogen-bond acceptors (Lipinski definition) is 3. The molecule has 102 valence electrons. The fourth-order valence-electron chi connectivity index (χ4n) is 3.00. The van der Waals surface area contributed by atoms with Crippen molar-refractivity contribution in [2.45, 2.75) is 44.6 Å². The average molecular weight is 253 g/mol. The average Bonchev–Trinajstić information content (AvgIpc) is 2.41. The molecule has 1 saturated heterocycles. The van der Waals surface area contributed by atoms with Crippen molar-refractivity contribution in [1.82, 2.24) is 10.6 Å². The summed E-state index contributed by atoms with van der Waals surface area (Å²) in [5.41, 5.74) is 5.75. The number of amides is 2. The molecule has 0 bridgehead atoms. The molecular formula is C13H23N3O2. The molecule has 18 heavy (non-hydrogen) atoms. The van der Waals surface area contributed by atoms with Crippen LogP contribution in [0.25, 0.3) is 0 Å². The van der Waals surface area contributed by atoms with Crippen molar-refractivity contribution in [3.05, 3.63) is 0 Å². The molecule has 1 aliphatic carbocycles. The van der Waals surface area contributed by atoms with E-state index in [2.05, 4.69) is 10.6 Å². The van der Waals surface area contributed by atoms with Gasteiger partial charge in [0.2, 0.25) is 11.8 Å². The molecule has 0 aromatic rings. The van der Waals surface area contributed by atoms with Crippen molar-refractivity contribution in [2.75, 3.05) is 13.1 Å². The molecule has 0 aromatic heterocycles. The van der Waals surface area contributed by atoms with E-state index >= 15 is 0 Å². The maximum absolute atomic E-state index is 12.2. The topological polar surface area (TPSA) is 84.2 Å². The number of carbonyl (C=O) groups is 2. The largest absolute Gasteiger partial charge is 0.354 e. The first-order valence-electron chi connectivity index (χ1n) is 6.98. The van der Waals surface area contributed by atoms with Crippen LogP contribution < -0.4 is 16.4 Å². The highest BCUT2D eigenvalue weighted by molar-refractivity contribution is 5.80. The van der Waals surface area contributed by atoms with Crippen molar-refractivity contribution in [3.63, 3.8) is 0 Å². The Morgan fingerprint density at radius 2 is 2.11 bits per heavy atom. The van der Waals surface area contributed by atoms with Crippen LogP contribution in [0.4, 0.5) is 0 Å². The van der Waals surface area contributed by atoms with Gasteiger partial charge in [-0.15, -0.1) is 0 Å². The smallest absolute Gasteiger partial charge is 0.223 e. The summed E-state index contributed by atoms with van der Waals surface area (Å²) in [6.45, 7) is 1.16. The van der Waals surface area contributed by atoms with Crippen LogP contribution >= 0.6 is 0 Å². The van der Waals surface area contributed by atoms with E-state index in [-0.39, 0.29) is 23.8 Å². The monoisotopic (exact) mass is 253 g/mol. The number of piperidine rings is 1. The van der Waals surface area contributed by atoms with E-state index in [4.69, 9.17) is 5.73 Å². The van der Waals surface area contributed by atoms with Crippen LogP contribution in [0.15, 0.2) is 0 Å². The number of carbonyl (C=O) groups excluding carboxylic acids is 2. The predicted molar refractivity (Wildman–Crippen MR) is 68.7 cm³/mol. The van der Waals surface area contributed by atoms with Crippen molar-refractivity contribution >= 4 is 11.8 Å². The lowest BCUT2D eigenvalue weighted by Crippen LogP contribution is -2.50. The SMILES string of the molecule is NCC1CCCCC1C(=O)NC1CCC(=O)NC1.